The lowest BCUT2D eigenvalue weighted by Gasteiger charge is -2.04. The van der Waals surface area contributed by atoms with Gasteiger partial charge < -0.3 is 4.42 Å². The Labute approximate surface area is 171 Å². The summed E-state index contributed by atoms with van der Waals surface area (Å²) >= 11 is 1.59. The zero-order chi connectivity index (χ0) is 19.8. The second-order valence-corrected chi connectivity index (χ2v) is 7.91. The highest BCUT2D eigenvalue weighted by atomic mass is 32.1. The molecule has 0 aliphatic carbocycles. The molecule has 0 radical (unpaired) electrons. The fourth-order valence-electron chi connectivity index (χ4n) is 3.33. The predicted octanol–water partition coefficient (Wildman–Crippen LogP) is 6.56. The van der Waals surface area contributed by atoms with Gasteiger partial charge in [0.15, 0.2) is 0 Å². The number of fused-ring (bicyclic) bond motifs is 1. The van der Waals surface area contributed by atoms with Gasteiger partial charge in [-0.2, -0.15) is 0 Å². The van der Waals surface area contributed by atoms with E-state index in [1.165, 1.54) is 5.56 Å². The Morgan fingerprint density at radius 2 is 1.55 bits per heavy atom. The fourth-order valence-corrected chi connectivity index (χ4v) is 4.42. The third-order valence-electron chi connectivity index (χ3n) is 4.86. The van der Waals surface area contributed by atoms with E-state index in [-0.39, 0.29) is 5.63 Å². The number of benzene rings is 3. The number of aromatic nitrogens is 1. The maximum absolute atomic E-state index is 12.8. The third-order valence-corrected chi connectivity index (χ3v) is 6.01. The van der Waals surface area contributed by atoms with Gasteiger partial charge in [-0.3, -0.25) is 0 Å². The number of thiazole rings is 1. The summed E-state index contributed by atoms with van der Waals surface area (Å²) in [6.45, 7) is 2.06. The highest BCUT2D eigenvalue weighted by molar-refractivity contribution is 7.19. The monoisotopic (exact) mass is 395 g/mol. The first-order valence-corrected chi connectivity index (χ1v) is 10.2. The molecule has 3 nitrogen and oxygen atoms in total. The summed E-state index contributed by atoms with van der Waals surface area (Å²) in [6.07, 6.45) is 0. The Hall–Kier alpha value is -3.50. The lowest BCUT2D eigenvalue weighted by atomic mass is 10.1. The summed E-state index contributed by atoms with van der Waals surface area (Å²) < 4.78 is 5.58. The molecule has 0 aliphatic rings. The van der Waals surface area contributed by atoms with Crippen molar-refractivity contribution in [2.24, 2.45) is 0 Å². The van der Waals surface area contributed by atoms with Crippen molar-refractivity contribution in [3.63, 3.8) is 0 Å². The second-order valence-electron chi connectivity index (χ2n) is 6.91. The van der Waals surface area contributed by atoms with Crippen LogP contribution in [0.15, 0.2) is 94.1 Å². The van der Waals surface area contributed by atoms with Crippen molar-refractivity contribution >= 4 is 22.3 Å². The summed E-state index contributed by atoms with van der Waals surface area (Å²) in [5.41, 5.74) is 4.61. The molecule has 0 spiro atoms. The highest BCUT2D eigenvalue weighted by Crippen LogP contribution is 2.40. The van der Waals surface area contributed by atoms with Crippen LogP contribution in [0.2, 0.25) is 0 Å². The van der Waals surface area contributed by atoms with Gasteiger partial charge in [-0.15, -0.1) is 11.3 Å². The lowest BCUT2D eigenvalue weighted by Crippen LogP contribution is -2.03. The summed E-state index contributed by atoms with van der Waals surface area (Å²) in [7, 11) is 0. The van der Waals surface area contributed by atoms with Crippen molar-refractivity contribution in [1.29, 1.82) is 0 Å². The standard InChI is InChI=1S/C25H17NO2S/c1-16-11-13-17(14-12-16)23-22(26-24(29-23)18-7-3-2-4-8-18)20-15-19-9-5-6-10-21(19)28-25(20)27/h2-15H,1H3. The predicted molar refractivity (Wildman–Crippen MR) is 119 cm³/mol. The van der Waals surface area contributed by atoms with E-state index in [0.717, 1.165) is 26.4 Å². The van der Waals surface area contributed by atoms with E-state index in [2.05, 4.69) is 31.2 Å². The molecular weight excluding hydrogens is 378 g/mol. The van der Waals surface area contributed by atoms with Gasteiger partial charge in [0.1, 0.15) is 10.6 Å². The Kier molecular flexibility index (Phi) is 4.34. The van der Waals surface area contributed by atoms with Crippen LogP contribution >= 0.6 is 11.3 Å². The number of aryl methyl sites for hydroxylation is 1. The van der Waals surface area contributed by atoms with Crippen molar-refractivity contribution in [2.75, 3.05) is 0 Å². The lowest BCUT2D eigenvalue weighted by molar-refractivity contribution is 0.563. The van der Waals surface area contributed by atoms with Crippen LogP contribution in [0.5, 0.6) is 0 Å². The molecule has 2 heterocycles. The smallest absolute Gasteiger partial charge is 0.345 e. The molecule has 140 valence electrons. The Morgan fingerprint density at radius 3 is 2.34 bits per heavy atom. The Balaban J connectivity index is 1.77. The maximum atomic E-state index is 12.8. The molecule has 0 fully saturated rings. The molecule has 5 rings (SSSR count). The molecule has 0 N–H and O–H groups in total. The SMILES string of the molecule is Cc1ccc(-c2sc(-c3ccccc3)nc2-c2cc3ccccc3oc2=O)cc1. The zero-order valence-corrected chi connectivity index (χ0v) is 16.6. The molecule has 0 atom stereocenters. The van der Waals surface area contributed by atoms with Gasteiger partial charge in [0.25, 0.3) is 0 Å². The largest absolute Gasteiger partial charge is 0.422 e. The molecule has 5 aromatic rings. The van der Waals surface area contributed by atoms with Crippen LogP contribution in [-0.4, -0.2) is 4.98 Å². The topological polar surface area (TPSA) is 43.1 Å². The summed E-state index contributed by atoms with van der Waals surface area (Å²) in [5.74, 6) is 0. The van der Waals surface area contributed by atoms with Crippen LogP contribution in [0.3, 0.4) is 0 Å². The second kappa shape index (κ2) is 7.15. The molecule has 3 aromatic carbocycles. The molecule has 0 aliphatic heterocycles. The van der Waals surface area contributed by atoms with Gasteiger partial charge in [0, 0.05) is 10.9 Å². The Bertz CT molecular complexity index is 1370. The number of para-hydroxylation sites is 1. The van der Waals surface area contributed by atoms with E-state index in [1.54, 1.807) is 17.4 Å². The Morgan fingerprint density at radius 1 is 0.828 bits per heavy atom. The molecule has 4 heteroatoms. The fraction of sp³-hybridized carbons (Fsp3) is 0.0400. The number of nitrogens with zero attached hydrogens (tertiary/aromatic N) is 1. The first-order valence-electron chi connectivity index (χ1n) is 9.35. The third kappa shape index (κ3) is 3.28. The summed E-state index contributed by atoms with van der Waals surface area (Å²) in [5, 5.41) is 1.76. The molecule has 0 bridgehead atoms. The minimum absolute atomic E-state index is 0.373. The van der Waals surface area contributed by atoms with E-state index in [1.807, 2.05) is 54.6 Å². The number of hydrogen-bond donors (Lipinski definition) is 0. The summed E-state index contributed by atoms with van der Waals surface area (Å²) in [6, 6.07) is 27.7. The number of rotatable bonds is 3. The molecule has 0 amide bonds. The van der Waals surface area contributed by atoms with Crippen LogP contribution in [0.4, 0.5) is 0 Å². The van der Waals surface area contributed by atoms with Gasteiger partial charge in [-0.25, -0.2) is 9.78 Å². The van der Waals surface area contributed by atoms with Crippen LogP contribution in [0.1, 0.15) is 5.56 Å². The number of hydrogen-bond acceptors (Lipinski definition) is 4. The molecule has 0 unspecified atom stereocenters. The van der Waals surface area contributed by atoms with Crippen molar-refractivity contribution < 1.29 is 4.42 Å². The van der Waals surface area contributed by atoms with Gasteiger partial charge in [-0.1, -0.05) is 78.4 Å². The first-order chi connectivity index (χ1) is 14.2. The van der Waals surface area contributed by atoms with Gasteiger partial charge >= 0.3 is 5.63 Å². The van der Waals surface area contributed by atoms with Crippen LogP contribution in [-0.2, 0) is 0 Å². The van der Waals surface area contributed by atoms with Crippen LogP contribution in [0.25, 0.3) is 43.2 Å². The molecule has 0 saturated heterocycles. The first kappa shape index (κ1) is 17.6. The van der Waals surface area contributed by atoms with Crippen LogP contribution < -0.4 is 5.63 Å². The molecule has 29 heavy (non-hydrogen) atoms. The van der Waals surface area contributed by atoms with Gasteiger partial charge in [-0.05, 0) is 24.6 Å². The minimum atomic E-state index is -0.373. The minimum Gasteiger partial charge on any atom is -0.422 e. The highest BCUT2D eigenvalue weighted by Gasteiger charge is 2.19. The van der Waals surface area contributed by atoms with E-state index < -0.39 is 0 Å². The average Bonchev–Trinajstić information content (AvgIpc) is 3.19. The average molecular weight is 395 g/mol. The van der Waals surface area contributed by atoms with Crippen molar-refractivity contribution in [1.82, 2.24) is 4.98 Å². The normalized spacial score (nSPS) is 11.1. The molecule has 0 saturated carbocycles. The van der Waals surface area contributed by atoms with Crippen molar-refractivity contribution in [3.8, 4) is 32.3 Å². The van der Waals surface area contributed by atoms with Crippen molar-refractivity contribution in [2.45, 2.75) is 6.92 Å². The molecule has 2 aromatic heterocycles. The van der Waals surface area contributed by atoms with E-state index in [9.17, 15) is 4.79 Å². The van der Waals surface area contributed by atoms with Crippen LogP contribution in [0, 0.1) is 6.92 Å². The van der Waals surface area contributed by atoms with E-state index in [4.69, 9.17) is 9.40 Å². The summed E-state index contributed by atoms with van der Waals surface area (Å²) in [4.78, 5) is 18.7. The van der Waals surface area contributed by atoms with Crippen molar-refractivity contribution in [3.05, 3.63) is 101 Å². The van der Waals surface area contributed by atoms with Gasteiger partial charge in [0.2, 0.25) is 0 Å². The maximum Gasteiger partial charge on any atom is 0.345 e. The quantitative estimate of drug-likeness (QED) is 0.325. The van der Waals surface area contributed by atoms with E-state index >= 15 is 0 Å². The van der Waals surface area contributed by atoms with E-state index in [0.29, 0.717) is 16.8 Å². The van der Waals surface area contributed by atoms with Gasteiger partial charge in [0.05, 0.1) is 16.1 Å². The zero-order valence-electron chi connectivity index (χ0n) is 15.8. The molecular formula is C25H17NO2S.